The van der Waals surface area contributed by atoms with Crippen LogP contribution in [0.4, 0.5) is 4.79 Å². The van der Waals surface area contributed by atoms with E-state index in [-0.39, 0.29) is 12.2 Å². The number of rotatable bonds is 5. The zero-order chi connectivity index (χ0) is 21.8. The van der Waals surface area contributed by atoms with Crippen molar-refractivity contribution in [3.05, 3.63) is 70.8 Å². The molecule has 2 aromatic carbocycles. The summed E-state index contributed by atoms with van der Waals surface area (Å²) in [5, 5.41) is 0. The molecule has 3 rings (SSSR count). The SMILES string of the molecule is COC(=O)c1ccc(COc2cccc(C=C3C(=O)N(C)C(=O)N(C)C3=O)c2)cc1. The lowest BCUT2D eigenvalue weighted by Crippen LogP contribution is -2.52. The second kappa shape index (κ2) is 8.60. The van der Waals surface area contributed by atoms with Gasteiger partial charge in [0.2, 0.25) is 0 Å². The molecule has 1 heterocycles. The van der Waals surface area contributed by atoms with E-state index in [0.717, 1.165) is 15.4 Å². The van der Waals surface area contributed by atoms with Gasteiger partial charge in [-0.1, -0.05) is 24.3 Å². The summed E-state index contributed by atoms with van der Waals surface area (Å²) in [5.74, 6) is -1.18. The number of methoxy groups -OCH3 is 1. The number of benzene rings is 2. The molecule has 0 atom stereocenters. The van der Waals surface area contributed by atoms with Crippen molar-refractivity contribution in [2.75, 3.05) is 21.2 Å². The molecule has 154 valence electrons. The molecule has 8 heteroatoms. The first-order valence-corrected chi connectivity index (χ1v) is 9.03. The minimum absolute atomic E-state index is 0.102. The summed E-state index contributed by atoms with van der Waals surface area (Å²) in [6.45, 7) is 0.263. The Morgan fingerprint density at radius 3 is 2.20 bits per heavy atom. The van der Waals surface area contributed by atoms with Crippen molar-refractivity contribution in [2.45, 2.75) is 6.61 Å². The van der Waals surface area contributed by atoms with Crippen LogP contribution in [0.1, 0.15) is 21.5 Å². The van der Waals surface area contributed by atoms with E-state index in [9.17, 15) is 19.2 Å². The highest BCUT2D eigenvalue weighted by Gasteiger charge is 2.37. The third kappa shape index (κ3) is 4.22. The van der Waals surface area contributed by atoms with Crippen LogP contribution < -0.4 is 4.74 Å². The summed E-state index contributed by atoms with van der Waals surface area (Å²) >= 11 is 0. The van der Waals surface area contributed by atoms with Crippen LogP contribution in [0.5, 0.6) is 5.75 Å². The smallest absolute Gasteiger partial charge is 0.337 e. The summed E-state index contributed by atoms with van der Waals surface area (Å²) in [6.07, 6.45) is 1.43. The van der Waals surface area contributed by atoms with Crippen molar-refractivity contribution in [1.82, 2.24) is 9.80 Å². The molecular formula is C22H20N2O6. The van der Waals surface area contributed by atoms with Gasteiger partial charge in [-0.25, -0.2) is 9.59 Å². The largest absolute Gasteiger partial charge is 0.489 e. The maximum absolute atomic E-state index is 12.3. The molecule has 1 saturated heterocycles. The molecule has 4 amide bonds. The molecule has 1 aliphatic heterocycles. The fourth-order valence-corrected chi connectivity index (χ4v) is 2.86. The summed E-state index contributed by atoms with van der Waals surface area (Å²) < 4.78 is 10.4. The Morgan fingerprint density at radius 1 is 0.967 bits per heavy atom. The molecule has 30 heavy (non-hydrogen) atoms. The quantitative estimate of drug-likeness (QED) is 0.429. The van der Waals surface area contributed by atoms with E-state index in [2.05, 4.69) is 4.74 Å². The fourth-order valence-electron chi connectivity index (χ4n) is 2.86. The zero-order valence-corrected chi connectivity index (χ0v) is 16.7. The van der Waals surface area contributed by atoms with Gasteiger partial charge in [0, 0.05) is 14.1 Å². The van der Waals surface area contributed by atoms with Crippen LogP contribution in [0.2, 0.25) is 0 Å². The second-order valence-electron chi connectivity index (χ2n) is 6.62. The van der Waals surface area contributed by atoms with E-state index < -0.39 is 23.8 Å². The molecule has 0 spiro atoms. The Labute approximate surface area is 173 Å². The molecule has 0 aliphatic carbocycles. The van der Waals surface area contributed by atoms with Crippen molar-refractivity contribution >= 4 is 29.9 Å². The van der Waals surface area contributed by atoms with E-state index in [4.69, 9.17) is 4.74 Å². The van der Waals surface area contributed by atoms with Crippen molar-refractivity contribution < 1.29 is 28.7 Å². The molecule has 0 aromatic heterocycles. The van der Waals surface area contributed by atoms with Gasteiger partial charge in [-0.3, -0.25) is 19.4 Å². The van der Waals surface area contributed by atoms with Crippen LogP contribution in [-0.2, 0) is 20.9 Å². The standard InChI is InChI=1S/C22H20N2O6/c1-23-19(25)18(20(26)24(2)22(23)28)12-15-5-4-6-17(11-15)30-13-14-7-9-16(10-8-14)21(27)29-3/h4-12H,13H2,1-3H3. The number of hydrogen-bond donors (Lipinski definition) is 0. The number of imide groups is 2. The lowest BCUT2D eigenvalue weighted by molar-refractivity contribution is -0.134. The number of barbiturate groups is 1. The van der Waals surface area contributed by atoms with Crippen molar-refractivity contribution in [3.8, 4) is 5.75 Å². The van der Waals surface area contributed by atoms with E-state index in [0.29, 0.717) is 16.9 Å². The Morgan fingerprint density at radius 2 is 1.60 bits per heavy atom. The molecule has 1 fully saturated rings. The van der Waals surface area contributed by atoms with Crippen LogP contribution in [0.3, 0.4) is 0 Å². The summed E-state index contributed by atoms with van der Waals surface area (Å²) in [7, 11) is 3.98. The first-order chi connectivity index (χ1) is 14.3. The number of ether oxygens (including phenoxy) is 2. The van der Waals surface area contributed by atoms with Gasteiger partial charge >= 0.3 is 12.0 Å². The highest BCUT2D eigenvalue weighted by molar-refractivity contribution is 6.30. The molecule has 0 N–H and O–H groups in total. The minimum Gasteiger partial charge on any atom is -0.489 e. The first kappa shape index (κ1) is 20.8. The normalized spacial score (nSPS) is 14.1. The third-order valence-electron chi connectivity index (χ3n) is 4.59. The first-order valence-electron chi connectivity index (χ1n) is 9.03. The van der Waals surface area contributed by atoms with E-state index in [1.54, 1.807) is 48.5 Å². The summed E-state index contributed by atoms with van der Waals surface area (Å²) in [5.41, 5.74) is 1.78. The van der Waals surface area contributed by atoms with Crippen molar-refractivity contribution in [1.29, 1.82) is 0 Å². The highest BCUT2D eigenvalue weighted by Crippen LogP contribution is 2.21. The van der Waals surface area contributed by atoms with Crippen LogP contribution >= 0.6 is 0 Å². The van der Waals surface area contributed by atoms with Crippen LogP contribution in [0.15, 0.2) is 54.1 Å². The zero-order valence-electron chi connectivity index (χ0n) is 16.7. The van der Waals surface area contributed by atoms with Gasteiger partial charge in [0.1, 0.15) is 17.9 Å². The number of amides is 4. The summed E-state index contributed by atoms with van der Waals surface area (Å²) in [4.78, 5) is 49.7. The van der Waals surface area contributed by atoms with Gasteiger partial charge in [-0.05, 0) is 41.5 Å². The van der Waals surface area contributed by atoms with Gasteiger partial charge < -0.3 is 9.47 Å². The van der Waals surface area contributed by atoms with E-state index >= 15 is 0 Å². The van der Waals surface area contributed by atoms with E-state index in [1.165, 1.54) is 27.3 Å². The van der Waals surface area contributed by atoms with Crippen LogP contribution in [0, 0.1) is 0 Å². The number of carbonyl (C=O) groups is 4. The molecule has 0 bridgehead atoms. The highest BCUT2D eigenvalue weighted by atomic mass is 16.5. The number of urea groups is 1. The molecule has 0 saturated carbocycles. The van der Waals surface area contributed by atoms with Gasteiger partial charge in [0.15, 0.2) is 0 Å². The summed E-state index contributed by atoms with van der Waals surface area (Å²) in [6, 6.07) is 13.1. The molecular weight excluding hydrogens is 388 g/mol. The molecule has 1 aliphatic rings. The Hall–Kier alpha value is -3.94. The monoisotopic (exact) mass is 408 g/mol. The van der Waals surface area contributed by atoms with Crippen LogP contribution in [-0.4, -0.2) is 54.8 Å². The van der Waals surface area contributed by atoms with E-state index in [1.807, 2.05) is 0 Å². The third-order valence-corrected chi connectivity index (χ3v) is 4.59. The minimum atomic E-state index is -0.669. The second-order valence-corrected chi connectivity index (χ2v) is 6.62. The number of carbonyl (C=O) groups excluding carboxylic acids is 4. The Bertz CT molecular complexity index is 1020. The topological polar surface area (TPSA) is 93.2 Å². The average Bonchev–Trinajstić information content (AvgIpc) is 2.78. The van der Waals surface area contributed by atoms with Gasteiger partial charge in [0.05, 0.1) is 12.7 Å². The lowest BCUT2D eigenvalue weighted by atomic mass is 10.1. The Balaban J connectivity index is 1.74. The maximum atomic E-state index is 12.3. The number of nitrogens with zero attached hydrogens (tertiary/aromatic N) is 2. The van der Waals surface area contributed by atoms with Crippen LogP contribution in [0.25, 0.3) is 6.08 Å². The molecule has 8 nitrogen and oxygen atoms in total. The Kier molecular flexibility index (Phi) is 5.96. The number of hydrogen-bond acceptors (Lipinski definition) is 6. The lowest BCUT2D eigenvalue weighted by Gasteiger charge is -2.28. The van der Waals surface area contributed by atoms with Crippen molar-refractivity contribution in [2.24, 2.45) is 0 Å². The molecule has 2 aromatic rings. The number of esters is 1. The maximum Gasteiger partial charge on any atom is 0.337 e. The number of likely N-dealkylation sites (N-methyl/N-ethyl adjacent to an activating group) is 2. The molecule has 0 unspecified atom stereocenters. The molecule has 0 radical (unpaired) electrons. The fraction of sp³-hybridized carbons (Fsp3) is 0.182. The predicted octanol–water partition coefficient (Wildman–Crippen LogP) is 2.49. The van der Waals surface area contributed by atoms with Gasteiger partial charge in [-0.15, -0.1) is 0 Å². The van der Waals surface area contributed by atoms with Gasteiger partial charge in [0.25, 0.3) is 11.8 Å². The predicted molar refractivity (Wildman–Crippen MR) is 107 cm³/mol. The van der Waals surface area contributed by atoms with Gasteiger partial charge in [-0.2, -0.15) is 0 Å². The average molecular weight is 408 g/mol. The van der Waals surface area contributed by atoms with Crippen molar-refractivity contribution in [3.63, 3.8) is 0 Å².